The van der Waals surface area contributed by atoms with Crippen LogP contribution in [-0.2, 0) is 0 Å². The third-order valence-electron chi connectivity index (χ3n) is 2.48. The van der Waals surface area contributed by atoms with Crippen molar-refractivity contribution < 1.29 is 9.59 Å². The van der Waals surface area contributed by atoms with Crippen molar-refractivity contribution in [3.63, 3.8) is 0 Å². The lowest BCUT2D eigenvalue weighted by molar-refractivity contribution is 0.0973. The maximum atomic E-state index is 12.0. The van der Waals surface area contributed by atoms with E-state index in [1.807, 2.05) is 0 Å². The molecule has 0 unspecified atom stereocenters. The highest BCUT2D eigenvalue weighted by molar-refractivity contribution is 6.26. The van der Waals surface area contributed by atoms with E-state index in [0.29, 0.717) is 5.82 Å². The van der Waals surface area contributed by atoms with Crippen molar-refractivity contribution in [2.45, 2.75) is 6.92 Å². The molecular weight excluding hydrogens is 208 g/mol. The van der Waals surface area contributed by atoms with E-state index in [4.69, 9.17) is 0 Å². The Bertz CT molecular complexity index is 577. The number of H-pyrrole nitrogens is 1. The van der Waals surface area contributed by atoms with Gasteiger partial charge in [0.1, 0.15) is 17.2 Å². The van der Waals surface area contributed by atoms with E-state index >= 15 is 0 Å². The Morgan fingerprint density at radius 3 is 2.38 bits per heavy atom. The average molecular weight is 214 g/mol. The third-order valence-corrected chi connectivity index (χ3v) is 2.48. The van der Waals surface area contributed by atoms with E-state index in [-0.39, 0.29) is 34.1 Å². The Labute approximate surface area is 89.7 Å². The van der Waals surface area contributed by atoms with Gasteiger partial charge in [0.2, 0.25) is 11.6 Å². The van der Waals surface area contributed by atoms with E-state index in [9.17, 15) is 9.59 Å². The van der Waals surface area contributed by atoms with Crippen LogP contribution in [0.3, 0.4) is 0 Å². The molecule has 2 aromatic heterocycles. The smallest absolute Gasteiger partial charge is 0.216 e. The molecule has 2 heterocycles. The van der Waals surface area contributed by atoms with Crippen LogP contribution in [0.15, 0.2) is 12.4 Å². The van der Waals surface area contributed by atoms with Crippen LogP contribution in [0.2, 0.25) is 0 Å². The number of aromatic amines is 1. The summed E-state index contributed by atoms with van der Waals surface area (Å²) < 4.78 is 0. The van der Waals surface area contributed by atoms with Gasteiger partial charge in [0.05, 0.1) is 23.5 Å². The lowest BCUT2D eigenvalue weighted by atomic mass is 9.93. The number of nitrogens with one attached hydrogen (secondary N) is 1. The fraction of sp³-hybridized carbons (Fsp3) is 0.100. The first kappa shape index (κ1) is 8.90. The van der Waals surface area contributed by atoms with Crippen molar-refractivity contribution in [1.29, 1.82) is 0 Å². The Morgan fingerprint density at radius 1 is 1.06 bits per heavy atom. The highest BCUT2D eigenvalue weighted by atomic mass is 16.1. The van der Waals surface area contributed by atoms with Crippen molar-refractivity contribution in [3.8, 4) is 0 Å². The Balaban J connectivity index is 2.34. The Morgan fingerprint density at radius 2 is 1.69 bits per heavy atom. The predicted molar refractivity (Wildman–Crippen MR) is 52.2 cm³/mol. The van der Waals surface area contributed by atoms with Crippen molar-refractivity contribution in [1.82, 2.24) is 20.2 Å². The number of hydrogen-bond acceptors (Lipinski definition) is 5. The molecule has 1 aliphatic carbocycles. The van der Waals surface area contributed by atoms with Crippen molar-refractivity contribution >= 4 is 11.6 Å². The van der Waals surface area contributed by atoms with Gasteiger partial charge in [0.25, 0.3) is 0 Å². The summed E-state index contributed by atoms with van der Waals surface area (Å²) in [4.78, 5) is 30.7. The van der Waals surface area contributed by atoms with Crippen LogP contribution in [0.4, 0.5) is 0 Å². The number of rotatable bonds is 0. The molecule has 6 nitrogen and oxygen atoms in total. The molecule has 6 heteroatoms. The second kappa shape index (κ2) is 2.82. The minimum absolute atomic E-state index is 0.169. The van der Waals surface area contributed by atoms with Gasteiger partial charge in [0.15, 0.2) is 0 Å². The third kappa shape index (κ3) is 0.979. The van der Waals surface area contributed by atoms with E-state index in [1.165, 1.54) is 12.4 Å². The number of hydrogen-bond donors (Lipinski definition) is 1. The molecule has 3 rings (SSSR count). The van der Waals surface area contributed by atoms with Crippen LogP contribution < -0.4 is 0 Å². The SMILES string of the molecule is Cc1nc2c([nH]1)C(=O)c1cnncc1C2=O. The molecule has 0 fully saturated rings. The Kier molecular flexibility index (Phi) is 1.57. The number of nitrogens with zero attached hydrogens (tertiary/aromatic N) is 3. The summed E-state index contributed by atoms with van der Waals surface area (Å²) >= 11 is 0. The maximum Gasteiger partial charge on any atom is 0.216 e. The van der Waals surface area contributed by atoms with Gasteiger partial charge >= 0.3 is 0 Å². The second-order valence-corrected chi connectivity index (χ2v) is 3.52. The zero-order valence-corrected chi connectivity index (χ0v) is 8.31. The van der Waals surface area contributed by atoms with Crippen LogP contribution in [0.5, 0.6) is 0 Å². The fourth-order valence-electron chi connectivity index (χ4n) is 1.77. The summed E-state index contributed by atoms with van der Waals surface area (Å²) in [6.45, 7) is 1.69. The maximum absolute atomic E-state index is 12.0. The van der Waals surface area contributed by atoms with Crippen LogP contribution in [0, 0.1) is 6.92 Å². The van der Waals surface area contributed by atoms with E-state index in [2.05, 4.69) is 20.2 Å². The molecule has 0 spiro atoms. The zero-order valence-electron chi connectivity index (χ0n) is 8.31. The molecule has 0 saturated heterocycles. The molecule has 2 aromatic rings. The number of carbonyl (C=O) groups is 2. The number of aromatic nitrogens is 4. The summed E-state index contributed by atoms with van der Waals surface area (Å²) in [6.07, 6.45) is 2.59. The monoisotopic (exact) mass is 214 g/mol. The molecule has 1 aliphatic rings. The van der Waals surface area contributed by atoms with Crippen LogP contribution >= 0.6 is 0 Å². The number of ketones is 2. The molecule has 0 aromatic carbocycles. The molecule has 0 bridgehead atoms. The number of carbonyl (C=O) groups excluding carboxylic acids is 2. The number of imidazole rings is 1. The lowest BCUT2D eigenvalue weighted by Crippen LogP contribution is -2.21. The molecule has 1 N–H and O–H groups in total. The van der Waals surface area contributed by atoms with Crippen LogP contribution in [-0.4, -0.2) is 31.7 Å². The quantitative estimate of drug-likeness (QED) is 0.580. The minimum Gasteiger partial charge on any atom is -0.339 e. The fourth-order valence-corrected chi connectivity index (χ4v) is 1.77. The van der Waals surface area contributed by atoms with Gasteiger partial charge in [-0.05, 0) is 6.92 Å². The van der Waals surface area contributed by atoms with Gasteiger partial charge in [-0.15, -0.1) is 0 Å². The first-order valence-electron chi connectivity index (χ1n) is 4.65. The molecular formula is C10H6N4O2. The normalized spacial score (nSPS) is 13.6. The van der Waals surface area contributed by atoms with Crippen molar-refractivity contribution in [2.24, 2.45) is 0 Å². The molecule has 16 heavy (non-hydrogen) atoms. The highest BCUT2D eigenvalue weighted by Crippen LogP contribution is 2.23. The van der Waals surface area contributed by atoms with Gasteiger partial charge in [-0.2, -0.15) is 10.2 Å². The first-order valence-corrected chi connectivity index (χ1v) is 4.65. The summed E-state index contributed by atoms with van der Waals surface area (Å²) in [5.74, 6) is -0.00984. The molecule has 0 atom stereocenters. The Hall–Kier alpha value is -2.37. The second-order valence-electron chi connectivity index (χ2n) is 3.52. The van der Waals surface area contributed by atoms with E-state index in [1.54, 1.807) is 6.92 Å². The van der Waals surface area contributed by atoms with E-state index in [0.717, 1.165) is 0 Å². The molecule has 0 amide bonds. The van der Waals surface area contributed by atoms with Gasteiger partial charge in [0, 0.05) is 0 Å². The van der Waals surface area contributed by atoms with E-state index < -0.39 is 0 Å². The molecule has 78 valence electrons. The minimum atomic E-state index is -0.288. The van der Waals surface area contributed by atoms with Gasteiger partial charge in [-0.1, -0.05) is 0 Å². The van der Waals surface area contributed by atoms with Crippen molar-refractivity contribution in [2.75, 3.05) is 0 Å². The van der Waals surface area contributed by atoms with Gasteiger partial charge in [-0.25, -0.2) is 4.98 Å². The topological polar surface area (TPSA) is 88.6 Å². The predicted octanol–water partition coefficient (Wildman–Crippen LogP) is 0.284. The highest BCUT2D eigenvalue weighted by Gasteiger charge is 2.33. The van der Waals surface area contributed by atoms with Crippen LogP contribution in [0.25, 0.3) is 0 Å². The summed E-state index contributed by atoms with van der Waals surface area (Å²) in [7, 11) is 0. The summed E-state index contributed by atoms with van der Waals surface area (Å²) in [6, 6.07) is 0. The molecule has 0 aliphatic heterocycles. The van der Waals surface area contributed by atoms with Gasteiger partial charge in [-0.3, -0.25) is 9.59 Å². The zero-order chi connectivity index (χ0) is 11.3. The lowest BCUT2D eigenvalue weighted by Gasteiger charge is -2.10. The summed E-state index contributed by atoms with van der Waals surface area (Å²) in [5.41, 5.74) is 0.946. The first-order chi connectivity index (χ1) is 7.68. The summed E-state index contributed by atoms with van der Waals surface area (Å²) in [5, 5.41) is 7.21. The van der Waals surface area contributed by atoms with Crippen LogP contribution in [0.1, 0.15) is 37.9 Å². The van der Waals surface area contributed by atoms with Gasteiger partial charge < -0.3 is 4.98 Å². The standard InChI is InChI=1S/C10H6N4O2/c1-4-13-7-8(14-4)10(16)6-3-12-11-2-5(6)9(7)15/h2-3H,1H3,(H,13,14). The van der Waals surface area contributed by atoms with Crippen molar-refractivity contribution in [3.05, 3.63) is 40.7 Å². The average Bonchev–Trinajstić information content (AvgIpc) is 2.68. The molecule has 0 radical (unpaired) electrons. The largest absolute Gasteiger partial charge is 0.339 e. The number of aryl methyl sites for hydroxylation is 1. The number of fused-ring (bicyclic) bond motifs is 2. The molecule has 0 saturated carbocycles.